The number of aryl methyl sites for hydroxylation is 1. The van der Waals surface area contributed by atoms with Crippen molar-refractivity contribution in [3.05, 3.63) is 18.0 Å². The molecule has 0 aliphatic carbocycles. The van der Waals surface area contributed by atoms with Gasteiger partial charge in [-0.3, -0.25) is 0 Å². The smallest absolute Gasteiger partial charge is 0.339 e. The van der Waals surface area contributed by atoms with Gasteiger partial charge >= 0.3 is 12.0 Å². The maximum Gasteiger partial charge on any atom is 0.339 e. The Bertz CT molecular complexity index is 771. The van der Waals surface area contributed by atoms with Crippen LogP contribution in [0.25, 0.3) is 11.0 Å². The molecule has 0 radical (unpaired) electrons. The predicted octanol–water partition coefficient (Wildman–Crippen LogP) is 0.714. The Morgan fingerprint density at radius 3 is 2.87 bits per heavy atom. The standard InChI is InChI=1S/C14H18N6O3/c1-2-20-12-9(6-17-20)11(10(5-16-12)13(21)22)18-8-3-4-19(7-8)14(15)23/h5-6,8H,2-4,7H2,1H3,(H2,15,23)(H,16,18)(H,21,22)/t8-/m1/s1. The minimum Gasteiger partial charge on any atom is -0.478 e. The van der Waals surface area contributed by atoms with Crippen LogP contribution in [0.5, 0.6) is 0 Å². The number of primary amides is 1. The largest absolute Gasteiger partial charge is 0.478 e. The van der Waals surface area contributed by atoms with E-state index in [4.69, 9.17) is 5.73 Å². The van der Waals surface area contributed by atoms with E-state index >= 15 is 0 Å². The number of nitrogens with zero attached hydrogens (tertiary/aromatic N) is 4. The lowest BCUT2D eigenvalue weighted by molar-refractivity contribution is 0.0697. The minimum atomic E-state index is -1.06. The molecule has 122 valence electrons. The van der Waals surface area contributed by atoms with Crippen LogP contribution in [0.1, 0.15) is 23.7 Å². The fourth-order valence-electron chi connectivity index (χ4n) is 2.86. The van der Waals surface area contributed by atoms with Crippen molar-refractivity contribution in [1.82, 2.24) is 19.7 Å². The van der Waals surface area contributed by atoms with E-state index < -0.39 is 12.0 Å². The summed E-state index contributed by atoms with van der Waals surface area (Å²) in [5.41, 5.74) is 6.49. The molecule has 2 aromatic rings. The van der Waals surface area contributed by atoms with Crippen LogP contribution in [0, 0.1) is 0 Å². The van der Waals surface area contributed by atoms with E-state index in [0.29, 0.717) is 42.8 Å². The van der Waals surface area contributed by atoms with E-state index in [-0.39, 0.29) is 11.6 Å². The number of aromatic carboxylic acids is 1. The van der Waals surface area contributed by atoms with Gasteiger partial charge in [0.1, 0.15) is 5.56 Å². The van der Waals surface area contributed by atoms with Crippen molar-refractivity contribution in [1.29, 1.82) is 0 Å². The normalized spacial score (nSPS) is 17.6. The van der Waals surface area contributed by atoms with Crippen molar-refractivity contribution in [3.8, 4) is 0 Å². The zero-order valence-electron chi connectivity index (χ0n) is 12.7. The zero-order valence-corrected chi connectivity index (χ0v) is 12.7. The number of hydrogen-bond acceptors (Lipinski definition) is 5. The molecule has 23 heavy (non-hydrogen) atoms. The van der Waals surface area contributed by atoms with Crippen molar-refractivity contribution in [2.45, 2.75) is 25.9 Å². The number of anilines is 1. The molecule has 0 unspecified atom stereocenters. The summed E-state index contributed by atoms with van der Waals surface area (Å²) < 4.78 is 1.70. The number of likely N-dealkylation sites (tertiary alicyclic amines) is 1. The number of hydrogen-bond donors (Lipinski definition) is 3. The predicted molar refractivity (Wildman–Crippen MR) is 83.3 cm³/mol. The van der Waals surface area contributed by atoms with Gasteiger partial charge in [0.25, 0.3) is 0 Å². The molecular formula is C14H18N6O3. The lowest BCUT2D eigenvalue weighted by atomic mass is 10.1. The summed E-state index contributed by atoms with van der Waals surface area (Å²) in [7, 11) is 0. The van der Waals surface area contributed by atoms with Gasteiger partial charge in [-0.25, -0.2) is 19.3 Å². The molecule has 4 N–H and O–H groups in total. The summed E-state index contributed by atoms with van der Waals surface area (Å²) in [6.07, 6.45) is 3.65. The van der Waals surface area contributed by atoms with Crippen LogP contribution in [-0.2, 0) is 6.54 Å². The van der Waals surface area contributed by atoms with E-state index in [1.165, 1.54) is 11.1 Å². The monoisotopic (exact) mass is 318 g/mol. The number of rotatable bonds is 4. The van der Waals surface area contributed by atoms with Gasteiger partial charge in [-0.1, -0.05) is 0 Å². The highest BCUT2D eigenvalue weighted by molar-refractivity contribution is 6.03. The Kier molecular flexibility index (Phi) is 3.77. The van der Waals surface area contributed by atoms with Crippen molar-refractivity contribution >= 4 is 28.7 Å². The second-order valence-corrected chi connectivity index (χ2v) is 5.46. The van der Waals surface area contributed by atoms with Gasteiger partial charge in [0.15, 0.2) is 5.65 Å². The fraction of sp³-hybridized carbons (Fsp3) is 0.429. The van der Waals surface area contributed by atoms with Crippen LogP contribution < -0.4 is 11.1 Å². The average Bonchev–Trinajstić information content (AvgIpc) is 3.13. The van der Waals surface area contributed by atoms with Crippen molar-refractivity contribution in [2.24, 2.45) is 5.73 Å². The van der Waals surface area contributed by atoms with E-state index in [1.807, 2.05) is 6.92 Å². The molecule has 0 aromatic carbocycles. The number of fused-ring (bicyclic) bond motifs is 1. The summed E-state index contributed by atoms with van der Waals surface area (Å²) in [6, 6.07) is -0.525. The third-order valence-corrected chi connectivity index (χ3v) is 4.04. The fourth-order valence-corrected chi connectivity index (χ4v) is 2.86. The molecule has 1 fully saturated rings. The maximum atomic E-state index is 11.5. The maximum absolute atomic E-state index is 11.5. The topological polar surface area (TPSA) is 126 Å². The molecule has 0 spiro atoms. The summed E-state index contributed by atoms with van der Waals surface area (Å²) in [6.45, 7) is 3.58. The second kappa shape index (κ2) is 5.75. The second-order valence-electron chi connectivity index (χ2n) is 5.46. The first-order valence-electron chi connectivity index (χ1n) is 7.40. The lowest BCUT2D eigenvalue weighted by Gasteiger charge is -2.17. The summed E-state index contributed by atoms with van der Waals surface area (Å²) >= 11 is 0. The molecule has 1 aliphatic heterocycles. The number of amides is 2. The van der Waals surface area contributed by atoms with E-state index in [1.54, 1.807) is 10.9 Å². The van der Waals surface area contributed by atoms with Crippen molar-refractivity contribution in [2.75, 3.05) is 18.4 Å². The van der Waals surface area contributed by atoms with Crippen LogP contribution in [-0.4, -0.2) is 55.9 Å². The lowest BCUT2D eigenvalue weighted by Crippen LogP contribution is -2.35. The molecule has 9 nitrogen and oxygen atoms in total. The minimum absolute atomic E-state index is 0.0591. The summed E-state index contributed by atoms with van der Waals surface area (Å²) in [4.78, 5) is 28.5. The Balaban J connectivity index is 1.98. The van der Waals surface area contributed by atoms with E-state index in [2.05, 4.69) is 15.4 Å². The summed E-state index contributed by atoms with van der Waals surface area (Å²) in [5, 5.41) is 17.5. The van der Waals surface area contributed by atoms with Gasteiger partial charge in [0.2, 0.25) is 0 Å². The molecule has 2 aromatic heterocycles. The molecule has 2 amide bonds. The quantitative estimate of drug-likeness (QED) is 0.762. The molecule has 0 bridgehead atoms. The van der Waals surface area contributed by atoms with Crippen LogP contribution in [0.15, 0.2) is 12.4 Å². The third kappa shape index (κ3) is 2.65. The molecule has 9 heteroatoms. The highest BCUT2D eigenvalue weighted by Crippen LogP contribution is 2.28. The molecule has 3 heterocycles. The highest BCUT2D eigenvalue weighted by atomic mass is 16.4. The SMILES string of the molecule is CCn1ncc2c(N[C@@H]3CCN(C(N)=O)C3)c(C(=O)O)cnc21. The van der Waals surface area contributed by atoms with Gasteiger partial charge in [-0.2, -0.15) is 5.10 Å². The number of carbonyl (C=O) groups excluding carboxylic acids is 1. The Morgan fingerprint density at radius 2 is 2.26 bits per heavy atom. The number of pyridine rings is 1. The van der Waals surface area contributed by atoms with Crippen LogP contribution in [0.3, 0.4) is 0 Å². The van der Waals surface area contributed by atoms with Gasteiger partial charge < -0.3 is 21.1 Å². The Labute approximate surface area is 132 Å². The third-order valence-electron chi connectivity index (χ3n) is 4.04. The molecule has 1 atom stereocenters. The first-order chi connectivity index (χ1) is 11.0. The van der Waals surface area contributed by atoms with Crippen LogP contribution in [0.2, 0.25) is 0 Å². The number of urea groups is 1. The van der Waals surface area contributed by atoms with Gasteiger partial charge in [-0.05, 0) is 13.3 Å². The van der Waals surface area contributed by atoms with Crippen LogP contribution in [0.4, 0.5) is 10.5 Å². The van der Waals surface area contributed by atoms with E-state index in [9.17, 15) is 14.7 Å². The molecule has 1 aliphatic rings. The molecule has 0 saturated carbocycles. The number of nitrogens with one attached hydrogen (secondary N) is 1. The number of carboxylic acid groups (broad SMARTS) is 1. The number of carbonyl (C=O) groups is 2. The Hall–Kier alpha value is -2.84. The zero-order chi connectivity index (χ0) is 16.6. The van der Waals surface area contributed by atoms with E-state index in [0.717, 1.165) is 0 Å². The highest BCUT2D eigenvalue weighted by Gasteiger charge is 2.27. The molecular weight excluding hydrogens is 300 g/mol. The first-order valence-corrected chi connectivity index (χ1v) is 7.40. The molecule has 3 rings (SSSR count). The van der Waals surface area contributed by atoms with Gasteiger partial charge in [0, 0.05) is 31.9 Å². The molecule has 1 saturated heterocycles. The number of aromatic nitrogens is 3. The average molecular weight is 318 g/mol. The van der Waals surface area contributed by atoms with Crippen molar-refractivity contribution in [3.63, 3.8) is 0 Å². The van der Waals surface area contributed by atoms with Crippen molar-refractivity contribution < 1.29 is 14.7 Å². The summed E-state index contributed by atoms with van der Waals surface area (Å²) in [5.74, 6) is -1.06. The Morgan fingerprint density at radius 1 is 1.48 bits per heavy atom. The first kappa shape index (κ1) is 15.1. The number of carboxylic acids is 1. The number of nitrogens with two attached hydrogens (primary N) is 1. The van der Waals surface area contributed by atoms with Gasteiger partial charge in [-0.15, -0.1) is 0 Å². The van der Waals surface area contributed by atoms with Crippen LogP contribution >= 0.6 is 0 Å². The van der Waals surface area contributed by atoms with Gasteiger partial charge in [0.05, 0.1) is 17.3 Å².